The molecule has 0 radical (unpaired) electrons. The van der Waals surface area contributed by atoms with E-state index in [9.17, 15) is 4.79 Å². The molecule has 1 aromatic heterocycles. The van der Waals surface area contributed by atoms with E-state index in [-0.39, 0.29) is 6.42 Å². The summed E-state index contributed by atoms with van der Waals surface area (Å²) in [6, 6.07) is -0.558. The Morgan fingerprint density at radius 1 is 1.56 bits per heavy atom. The van der Waals surface area contributed by atoms with Crippen LogP contribution in [-0.2, 0) is 4.79 Å². The minimum atomic E-state index is -0.930. The lowest BCUT2D eigenvalue weighted by molar-refractivity contribution is -0.137. The molecule has 0 aliphatic heterocycles. The number of rotatable bonds is 6. The van der Waals surface area contributed by atoms with Gasteiger partial charge < -0.3 is 16.2 Å². The topological polar surface area (TPSA) is 101 Å². The lowest BCUT2D eigenvalue weighted by Gasteiger charge is -2.09. The second-order valence-corrected chi connectivity index (χ2v) is 3.47. The number of aromatic nitrogens is 2. The van der Waals surface area contributed by atoms with Gasteiger partial charge in [0.25, 0.3) is 0 Å². The van der Waals surface area contributed by atoms with E-state index in [2.05, 4.69) is 15.3 Å². The zero-order chi connectivity index (χ0) is 12.0. The molecule has 6 nitrogen and oxygen atoms in total. The van der Waals surface area contributed by atoms with E-state index in [1.807, 2.05) is 6.92 Å². The molecule has 0 saturated carbocycles. The summed E-state index contributed by atoms with van der Waals surface area (Å²) in [7, 11) is 0. The average Bonchev–Trinajstić information content (AvgIpc) is 2.26. The van der Waals surface area contributed by atoms with Crippen molar-refractivity contribution >= 4 is 11.9 Å². The third kappa shape index (κ3) is 3.82. The number of nitrogens with one attached hydrogen (secondary N) is 1. The molecule has 1 heterocycles. The molecule has 16 heavy (non-hydrogen) atoms. The number of aliphatic carboxylic acids is 1. The number of carboxylic acid groups (broad SMARTS) is 1. The molecule has 1 rings (SSSR count). The Kier molecular flexibility index (Phi) is 4.65. The van der Waals surface area contributed by atoms with Crippen molar-refractivity contribution in [1.82, 2.24) is 9.97 Å². The summed E-state index contributed by atoms with van der Waals surface area (Å²) in [4.78, 5) is 18.6. The first kappa shape index (κ1) is 12.4. The maximum Gasteiger partial charge on any atom is 0.305 e. The zero-order valence-electron chi connectivity index (χ0n) is 9.18. The van der Waals surface area contributed by atoms with Crippen LogP contribution in [0.1, 0.15) is 31.4 Å². The van der Waals surface area contributed by atoms with Gasteiger partial charge >= 0.3 is 5.97 Å². The Labute approximate surface area is 93.9 Å². The van der Waals surface area contributed by atoms with Crippen LogP contribution < -0.4 is 11.1 Å². The molecule has 0 unspecified atom stereocenters. The van der Waals surface area contributed by atoms with Crippen LogP contribution in [0.15, 0.2) is 12.4 Å². The summed E-state index contributed by atoms with van der Waals surface area (Å²) in [6.07, 6.45) is 3.98. The quantitative estimate of drug-likeness (QED) is 0.659. The summed E-state index contributed by atoms with van der Waals surface area (Å²) >= 11 is 0. The third-order valence-electron chi connectivity index (χ3n) is 2.03. The number of carbonyl (C=O) groups is 1. The number of anilines is 1. The number of hydrogen-bond donors (Lipinski definition) is 3. The molecule has 4 N–H and O–H groups in total. The molecular formula is C10H16N4O2. The first-order valence-electron chi connectivity index (χ1n) is 5.16. The lowest BCUT2D eigenvalue weighted by Crippen LogP contribution is -2.16. The Bertz CT molecular complexity index is 339. The van der Waals surface area contributed by atoms with Gasteiger partial charge in [-0.15, -0.1) is 0 Å². The molecule has 1 aromatic rings. The number of nitrogens with two attached hydrogens (primary N) is 1. The minimum Gasteiger partial charge on any atom is -0.481 e. The van der Waals surface area contributed by atoms with Gasteiger partial charge in [-0.05, 0) is 6.42 Å². The van der Waals surface area contributed by atoms with Gasteiger partial charge in [-0.1, -0.05) is 6.92 Å². The number of carboxylic acids is 1. The fraction of sp³-hybridized carbons (Fsp3) is 0.500. The van der Waals surface area contributed by atoms with Crippen LogP contribution in [0.3, 0.4) is 0 Å². The molecule has 0 aliphatic rings. The third-order valence-corrected chi connectivity index (χ3v) is 2.03. The fourth-order valence-electron chi connectivity index (χ4n) is 1.16. The van der Waals surface area contributed by atoms with Gasteiger partial charge in [-0.2, -0.15) is 0 Å². The van der Waals surface area contributed by atoms with E-state index in [4.69, 9.17) is 10.8 Å². The molecule has 0 aromatic carbocycles. The zero-order valence-corrected chi connectivity index (χ0v) is 9.18. The molecule has 6 heteroatoms. The summed E-state index contributed by atoms with van der Waals surface area (Å²) in [5.74, 6) is -0.395. The van der Waals surface area contributed by atoms with Crippen molar-refractivity contribution in [2.24, 2.45) is 5.73 Å². The van der Waals surface area contributed by atoms with E-state index in [0.717, 1.165) is 13.0 Å². The number of hydrogen-bond acceptors (Lipinski definition) is 5. The summed E-state index contributed by atoms with van der Waals surface area (Å²) in [6.45, 7) is 2.85. The second kappa shape index (κ2) is 6.02. The standard InChI is InChI=1S/C10H16N4O2/c1-2-3-12-10-13-5-7(6-14-10)8(11)4-9(15)16/h5-6,8H,2-4,11H2,1H3,(H,15,16)(H,12,13,14)/t8-/m0/s1. The van der Waals surface area contributed by atoms with E-state index in [0.29, 0.717) is 11.5 Å². The molecule has 0 aliphatic carbocycles. The molecule has 1 atom stereocenters. The summed E-state index contributed by atoms with van der Waals surface area (Å²) in [5.41, 5.74) is 6.29. The van der Waals surface area contributed by atoms with Crippen molar-refractivity contribution in [2.45, 2.75) is 25.8 Å². The lowest BCUT2D eigenvalue weighted by atomic mass is 10.1. The van der Waals surface area contributed by atoms with Crippen LogP contribution in [-0.4, -0.2) is 27.6 Å². The van der Waals surface area contributed by atoms with Crippen LogP contribution in [0.4, 0.5) is 5.95 Å². The van der Waals surface area contributed by atoms with Crippen molar-refractivity contribution in [3.05, 3.63) is 18.0 Å². The molecular weight excluding hydrogens is 208 g/mol. The van der Waals surface area contributed by atoms with Gasteiger partial charge in [-0.25, -0.2) is 9.97 Å². The maximum absolute atomic E-state index is 10.5. The van der Waals surface area contributed by atoms with Crippen LogP contribution in [0.25, 0.3) is 0 Å². The molecule has 0 saturated heterocycles. The van der Waals surface area contributed by atoms with Crippen molar-refractivity contribution in [1.29, 1.82) is 0 Å². The van der Waals surface area contributed by atoms with Gasteiger partial charge in [0.05, 0.1) is 6.42 Å². The summed E-state index contributed by atoms with van der Waals surface area (Å²) < 4.78 is 0. The van der Waals surface area contributed by atoms with E-state index < -0.39 is 12.0 Å². The van der Waals surface area contributed by atoms with Crippen molar-refractivity contribution in [2.75, 3.05) is 11.9 Å². The maximum atomic E-state index is 10.5. The highest BCUT2D eigenvalue weighted by molar-refractivity contribution is 5.67. The highest BCUT2D eigenvalue weighted by Gasteiger charge is 2.11. The first-order valence-corrected chi connectivity index (χ1v) is 5.16. The van der Waals surface area contributed by atoms with Gasteiger partial charge in [-0.3, -0.25) is 4.79 Å². The summed E-state index contributed by atoms with van der Waals surface area (Å²) in [5, 5.41) is 11.6. The van der Waals surface area contributed by atoms with Gasteiger partial charge in [0.15, 0.2) is 0 Å². The van der Waals surface area contributed by atoms with Gasteiger partial charge in [0, 0.05) is 30.5 Å². The van der Waals surface area contributed by atoms with Crippen molar-refractivity contribution < 1.29 is 9.90 Å². The predicted octanol–water partition coefficient (Wildman–Crippen LogP) is 0.773. The minimum absolute atomic E-state index is 0.120. The van der Waals surface area contributed by atoms with Crippen LogP contribution >= 0.6 is 0 Å². The van der Waals surface area contributed by atoms with Gasteiger partial charge in [0.1, 0.15) is 0 Å². The Balaban J connectivity index is 2.59. The van der Waals surface area contributed by atoms with E-state index in [1.54, 1.807) is 12.4 Å². The predicted molar refractivity (Wildman–Crippen MR) is 60.0 cm³/mol. The molecule has 0 spiro atoms. The van der Waals surface area contributed by atoms with Crippen molar-refractivity contribution in [3.8, 4) is 0 Å². The second-order valence-electron chi connectivity index (χ2n) is 3.47. The molecule has 0 amide bonds. The highest BCUT2D eigenvalue weighted by atomic mass is 16.4. The molecule has 88 valence electrons. The van der Waals surface area contributed by atoms with E-state index in [1.165, 1.54) is 0 Å². The van der Waals surface area contributed by atoms with Crippen LogP contribution in [0.5, 0.6) is 0 Å². The van der Waals surface area contributed by atoms with Crippen molar-refractivity contribution in [3.63, 3.8) is 0 Å². The Morgan fingerprint density at radius 3 is 2.69 bits per heavy atom. The monoisotopic (exact) mass is 224 g/mol. The van der Waals surface area contributed by atoms with Crippen LogP contribution in [0.2, 0.25) is 0 Å². The van der Waals surface area contributed by atoms with E-state index >= 15 is 0 Å². The normalized spacial score (nSPS) is 12.1. The van der Waals surface area contributed by atoms with Crippen LogP contribution in [0, 0.1) is 0 Å². The highest BCUT2D eigenvalue weighted by Crippen LogP contribution is 2.12. The average molecular weight is 224 g/mol. The Hall–Kier alpha value is -1.69. The molecule has 0 bridgehead atoms. The molecule has 0 fully saturated rings. The fourth-order valence-corrected chi connectivity index (χ4v) is 1.16. The Morgan fingerprint density at radius 2 is 2.19 bits per heavy atom. The van der Waals surface area contributed by atoms with Gasteiger partial charge in [0.2, 0.25) is 5.95 Å². The SMILES string of the molecule is CCCNc1ncc([C@@H](N)CC(=O)O)cn1. The first-order chi connectivity index (χ1) is 7.63. The smallest absolute Gasteiger partial charge is 0.305 e. The number of nitrogens with zero attached hydrogens (tertiary/aromatic N) is 2. The largest absolute Gasteiger partial charge is 0.481 e.